The number of Topliss-reactive ketones (excluding diaryl/α,β-unsaturated/α-hetero) is 1. The van der Waals surface area contributed by atoms with Crippen molar-refractivity contribution in [2.45, 2.75) is 0 Å². The number of rotatable bonds is 0. The zero-order valence-electron chi connectivity index (χ0n) is 6.23. The van der Waals surface area contributed by atoms with E-state index in [0.29, 0.717) is 20.7 Å². The number of amides is 1. The monoisotopic (exact) mass is 259 g/mol. The van der Waals surface area contributed by atoms with Crippen LogP contribution in [0.1, 0.15) is 10.4 Å². The maximum Gasteiger partial charge on any atom is 0.296 e. The highest BCUT2D eigenvalue weighted by Gasteiger charge is 2.28. The summed E-state index contributed by atoms with van der Waals surface area (Å²) >= 11 is 8.95. The number of halogens is 2. The minimum Gasteiger partial charge on any atom is -0.318 e. The summed E-state index contributed by atoms with van der Waals surface area (Å²) in [6, 6.07) is 3.08. The summed E-state index contributed by atoms with van der Waals surface area (Å²) in [6.07, 6.45) is 0. The standard InChI is InChI=1S/C8H3BrClNO2/c9-4-1-3-6(2-5(4)10)11-8(13)7(3)12/h1-2H,(H,11,12,13). The maximum absolute atomic E-state index is 11.2. The SMILES string of the molecule is O=C1Nc2cc(Cl)c(Br)cc2C1=O. The lowest BCUT2D eigenvalue weighted by molar-refractivity contribution is -0.112. The molecule has 1 amide bonds. The van der Waals surface area contributed by atoms with Gasteiger partial charge in [0.25, 0.3) is 11.7 Å². The average molecular weight is 260 g/mol. The average Bonchev–Trinajstić information content (AvgIpc) is 2.32. The number of carbonyl (C=O) groups excluding carboxylic acids is 2. The summed E-state index contributed by atoms with van der Waals surface area (Å²) < 4.78 is 0.609. The first kappa shape index (κ1) is 8.72. The Hall–Kier alpha value is -0.870. The highest BCUT2D eigenvalue weighted by atomic mass is 79.9. The molecule has 1 aromatic rings. The van der Waals surface area contributed by atoms with Gasteiger partial charge < -0.3 is 5.32 Å². The van der Waals surface area contributed by atoms with E-state index in [4.69, 9.17) is 11.6 Å². The number of fused-ring (bicyclic) bond motifs is 1. The van der Waals surface area contributed by atoms with Crippen LogP contribution >= 0.6 is 27.5 Å². The minimum atomic E-state index is -0.607. The van der Waals surface area contributed by atoms with Crippen LogP contribution in [-0.4, -0.2) is 11.7 Å². The van der Waals surface area contributed by atoms with Crippen molar-refractivity contribution in [3.63, 3.8) is 0 Å². The molecule has 0 spiro atoms. The minimum absolute atomic E-state index is 0.362. The van der Waals surface area contributed by atoms with Crippen molar-refractivity contribution in [2.24, 2.45) is 0 Å². The normalized spacial score (nSPS) is 14.3. The van der Waals surface area contributed by atoms with Crippen LogP contribution in [0.25, 0.3) is 0 Å². The number of anilines is 1. The van der Waals surface area contributed by atoms with Gasteiger partial charge in [0.2, 0.25) is 0 Å². The van der Waals surface area contributed by atoms with Gasteiger partial charge in [0, 0.05) is 4.47 Å². The van der Waals surface area contributed by atoms with Gasteiger partial charge in [0.05, 0.1) is 16.3 Å². The van der Waals surface area contributed by atoms with E-state index in [1.807, 2.05) is 0 Å². The first-order valence-electron chi connectivity index (χ1n) is 3.44. The van der Waals surface area contributed by atoms with Crippen LogP contribution < -0.4 is 5.32 Å². The Morgan fingerprint density at radius 2 is 2.00 bits per heavy atom. The molecule has 1 N–H and O–H groups in total. The number of nitrogens with one attached hydrogen (secondary N) is 1. The number of carbonyl (C=O) groups is 2. The van der Waals surface area contributed by atoms with Gasteiger partial charge in [-0.05, 0) is 28.1 Å². The van der Waals surface area contributed by atoms with Crippen LogP contribution in [0.4, 0.5) is 5.69 Å². The van der Waals surface area contributed by atoms with Gasteiger partial charge in [-0.3, -0.25) is 9.59 Å². The van der Waals surface area contributed by atoms with Crippen molar-refractivity contribution in [3.8, 4) is 0 Å². The van der Waals surface area contributed by atoms with E-state index in [1.54, 1.807) is 6.07 Å². The Kier molecular flexibility index (Phi) is 1.89. The third kappa shape index (κ3) is 1.26. The van der Waals surface area contributed by atoms with E-state index < -0.39 is 11.7 Å². The second kappa shape index (κ2) is 2.82. The molecule has 13 heavy (non-hydrogen) atoms. The van der Waals surface area contributed by atoms with Crippen molar-refractivity contribution in [3.05, 3.63) is 27.2 Å². The summed E-state index contributed by atoms with van der Waals surface area (Å²) in [5.41, 5.74) is 0.837. The zero-order chi connectivity index (χ0) is 9.59. The number of benzene rings is 1. The van der Waals surface area contributed by atoms with Gasteiger partial charge in [0.15, 0.2) is 0 Å². The summed E-state index contributed by atoms with van der Waals surface area (Å²) in [4.78, 5) is 22.1. The highest BCUT2D eigenvalue weighted by Crippen LogP contribution is 2.32. The first-order chi connectivity index (χ1) is 6.09. The third-order valence-corrected chi connectivity index (χ3v) is 2.96. The molecule has 2 rings (SSSR count). The fourth-order valence-electron chi connectivity index (χ4n) is 1.14. The van der Waals surface area contributed by atoms with E-state index in [-0.39, 0.29) is 0 Å². The summed E-state index contributed by atoms with van der Waals surface area (Å²) in [6.45, 7) is 0. The van der Waals surface area contributed by atoms with E-state index in [2.05, 4.69) is 21.2 Å². The molecule has 5 heteroatoms. The number of hydrogen-bond acceptors (Lipinski definition) is 2. The van der Waals surface area contributed by atoms with Crippen molar-refractivity contribution in [1.82, 2.24) is 0 Å². The maximum atomic E-state index is 11.2. The molecule has 0 radical (unpaired) electrons. The van der Waals surface area contributed by atoms with E-state index >= 15 is 0 Å². The Bertz CT molecular complexity index is 430. The summed E-state index contributed by atoms with van der Waals surface area (Å²) in [7, 11) is 0. The molecule has 0 aliphatic carbocycles. The second-order valence-corrected chi connectivity index (χ2v) is 3.86. The lowest BCUT2D eigenvalue weighted by atomic mass is 10.1. The molecule has 0 aromatic heterocycles. The molecule has 0 saturated heterocycles. The molecule has 1 heterocycles. The summed E-state index contributed by atoms with van der Waals surface area (Å²) in [5.74, 6) is -1.13. The van der Waals surface area contributed by atoms with E-state index in [1.165, 1.54) is 6.07 Å². The van der Waals surface area contributed by atoms with Crippen LogP contribution in [-0.2, 0) is 4.79 Å². The van der Waals surface area contributed by atoms with Crippen molar-refractivity contribution in [1.29, 1.82) is 0 Å². The first-order valence-corrected chi connectivity index (χ1v) is 4.61. The molecule has 0 unspecified atom stereocenters. The van der Waals surface area contributed by atoms with Crippen LogP contribution in [0, 0.1) is 0 Å². The molecule has 3 nitrogen and oxygen atoms in total. The van der Waals surface area contributed by atoms with Gasteiger partial charge >= 0.3 is 0 Å². The fraction of sp³-hybridized carbons (Fsp3) is 0. The molecular weight excluding hydrogens is 257 g/mol. The molecule has 0 atom stereocenters. The quantitative estimate of drug-likeness (QED) is 0.727. The lowest BCUT2D eigenvalue weighted by Crippen LogP contribution is -2.12. The molecule has 1 aromatic carbocycles. The fourth-order valence-corrected chi connectivity index (χ4v) is 1.65. The van der Waals surface area contributed by atoms with Crippen LogP contribution in [0.5, 0.6) is 0 Å². The Balaban J connectivity index is 2.66. The van der Waals surface area contributed by atoms with Crippen molar-refractivity contribution >= 4 is 44.9 Å². The van der Waals surface area contributed by atoms with Crippen LogP contribution in [0.15, 0.2) is 16.6 Å². The molecule has 1 aliphatic rings. The predicted molar refractivity (Wildman–Crippen MR) is 52.1 cm³/mol. The smallest absolute Gasteiger partial charge is 0.296 e. The number of hydrogen-bond donors (Lipinski definition) is 1. The largest absolute Gasteiger partial charge is 0.318 e. The topological polar surface area (TPSA) is 46.2 Å². The predicted octanol–water partition coefficient (Wildman–Crippen LogP) is 2.24. The lowest BCUT2D eigenvalue weighted by Gasteiger charge is -1.99. The van der Waals surface area contributed by atoms with Gasteiger partial charge in [-0.15, -0.1) is 0 Å². The molecule has 0 bridgehead atoms. The van der Waals surface area contributed by atoms with Gasteiger partial charge in [-0.1, -0.05) is 11.6 Å². The van der Waals surface area contributed by atoms with Gasteiger partial charge in [-0.25, -0.2) is 0 Å². The van der Waals surface area contributed by atoms with Gasteiger partial charge in [0.1, 0.15) is 0 Å². The highest BCUT2D eigenvalue weighted by molar-refractivity contribution is 9.10. The van der Waals surface area contributed by atoms with Crippen LogP contribution in [0.2, 0.25) is 5.02 Å². The van der Waals surface area contributed by atoms with Crippen molar-refractivity contribution in [2.75, 3.05) is 5.32 Å². The molecule has 66 valence electrons. The van der Waals surface area contributed by atoms with Crippen LogP contribution in [0.3, 0.4) is 0 Å². The molecular formula is C8H3BrClNO2. The summed E-state index contributed by atoms with van der Waals surface area (Å²) in [5, 5.41) is 2.89. The number of ketones is 1. The van der Waals surface area contributed by atoms with Gasteiger partial charge in [-0.2, -0.15) is 0 Å². The molecule has 1 aliphatic heterocycles. The molecule has 0 fully saturated rings. The second-order valence-electron chi connectivity index (χ2n) is 2.60. The Labute approximate surface area is 87.2 Å². The Morgan fingerprint density at radius 3 is 2.69 bits per heavy atom. The molecule has 0 saturated carbocycles. The van der Waals surface area contributed by atoms with Crippen molar-refractivity contribution < 1.29 is 9.59 Å². The van der Waals surface area contributed by atoms with E-state index in [9.17, 15) is 9.59 Å². The Morgan fingerprint density at radius 1 is 1.31 bits per heavy atom. The van der Waals surface area contributed by atoms with E-state index in [0.717, 1.165) is 0 Å². The zero-order valence-corrected chi connectivity index (χ0v) is 8.57. The third-order valence-electron chi connectivity index (χ3n) is 1.76.